The second-order valence-corrected chi connectivity index (χ2v) is 5.22. The van der Waals surface area contributed by atoms with Crippen LogP contribution in [0.3, 0.4) is 0 Å². The second-order valence-electron chi connectivity index (χ2n) is 4.30. The fourth-order valence-electron chi connectivity index (χ4n) is 1.94. The van der Waals surface area contributed by atoms with Crippen molar-refractivity contribution in [3.63, 3.8) is 0 Å². The highest BCUT2D eigenvalue weighted by atomic mass is 79.9. The van der Waals surface area contributed by atoms with Gasteiger partial charge in [-0.1, -0.05) is 34.1 Å². The number of para-hydroxylation sites is 1. The van der Waals surface area contributed by atoms with Gasteiger partial charge in [-0.2, -0.15) is 8.78 Å². The van der Waals surface area contributed by atoms with Gasteiger partial charge in [0.15, 0.2) is 0 Å². The molecule has 2 N–H and O–H groups in total. The van der Waals surface area contributed by atoms with E-state index in [2.05, 4.69) is 26.0 Å². The van der Waals surface area contributed by atoms with E-state index in [0.29, 0.717) is 5.56 Å². The first kappa shape index (κ1) is 15.7. The molecular weight excluding hydrogens is 344 g/mol. The molecule has 0 radical (unpaired) electrons. The van der Waals surface area contributed by atoms with E-state index in [1.54, 1.807) is 18.2 Å². The molecule has 0 spiro atoms. The molecule has 0 amide bonds. The number of benzene rings is 2. The quantitative estimate of drug-likeness (QED) is 0.814. The van der Waals surface area contributed by atoms with Crippen molar-refractivity contribution in [2.45, 2.75) is 12.7 Å². The number of rotatable bonds is 6. The van der Waals surface area contributed by atoms with E-state index in [4.69, 9.17) is 0 Å². The lowest BCUT2D eigenvalue weighted by atomic mass is 10.1. The van der Waals surface area contributed by atoms with E-state index in [1.807, 2.05) is 24.3 Å². The molecule has 0 aliphatic carbocycles. The van der Waals surface area contributed by atoms with Gasteiger partial charge in [0.25, 0.3) is 0 Å². The topological polar surface area (TPSA) is 41.5 Å². The third-order valence-corrected chi connectivity index (χ3v) is 3.41. The number of hydrogen-bond donors (Lipinski definition) is 2. The number of nitrogens with one attached hydrogen (secondary N) is 1. The van der Waals surface area contributed by atoms with Crippen LogP contribution >= 0.6 is 15.9 Å². The van der Waals surface area contributed by atoms with Crippen LogP contribution in [0.25, 0.3) is 0 Å². The summed E-state index contributed by atoms with van der Waals surface area (Å²) in [6, 6.07) is 13.2. The predicted octanol–water partition coefficient (Wildman–Crippen LogP) is 4.20. The fourth-order valence-corrected chi connectivity index (χ4v) is 2.21. The van der Waals surface area contributed by atoms with Crippen molar-refractivity contribution in [2.24, 2.45) is 0 Å². The van der Waals surface area contributed by atoms with Crippen LogP contribution in [-0.4, -0.2) is 18.3 Å². The number of ether oxygens (including phenoxy) is 1. The Kier molecular flexibility index (Phi) is 5.52. The maximum atomic E-state index is 12.4. The summed E-state index contributed by atoms with van der Waals surface area (Å²) in [5.41, 5.74) is 1.24. The Morgan fingerprint density at radius 2 is 1.76 bits per heavy atom. The zero-order chi connectivity index (χ0) is 15.2. The standard InChI is InChI=1S/C15H14BrF2NO2/c16-10-5-7-11(8-6-10)19-13(9-20)12-3-1-2-4-14(12)21-15(17)18/h1-8,13,15,19-20H,9H2. The summed E-state index contributed by atoms with van der Waals surface area (Å²) in [6.07, 6.45) is 0. The molecule has 0 bridgehead atoms. The molecule has 0 aromatic heterocycles. The van der Waals surface area contributed by atoms with Crippen molar-refractivity contribution in [3.8, 4) is 5.75 Å². The molecule has 6 heteroatoms. The molecule has 21 heavy (non-hydrogen) atoms. The minimum Gasteiger partial charge on any atom is -0.434 e. The average molecular weight is 358 g/mol. The molecule has 2 rings (SSSR count). The van der Waals surface area contributed by atoms with Crippen molar-refractivity contribution in [3.05, 3.63) is 58.6 Å². The molecule has 0 saturated carbocycles. The van der Waals surface area contributed by atoms with Gasteiger partial charge in [0.1, 0.15) is 5.75 Å². The van der Waals surface area contributed by atoms with E-state index >= 15 is 0 Å². The van der Waals surface area contributed by atoms with Crippen LogP contribution in [0.5, 0.6) is 5.75 Å². The number of alkyl halides is 2. The Labute approximate surface area is 129 Å². The van der Waals surface area contributed by atoms with Gasteiger partial charge in [-0.15, -0.1) is 0 Å². The number of aliphatic hydroxyl groups is 1. The maximum absolute atomic E-state index is 12.4. The van der Waals surface area contributed by atoms with Gasteiger partial charge in [-0.3, -0.25) is 0 Å². The third-order valence-electron chi connectivity index (χ3n) is 2.88. The van der Waals surface area contributed by atoms with E-state index in [9.17, 15) is 13.9 Å². The van der Waals surface area contributed by atoms with Crippen LogP contribution < -0.4 is 10.1 Å². The Hall–Kier alpha value is -1.66. The minimum absolute atomic E-state index is 0.0520. The Morgan fingerprint density at radius 1 is 1.10 bits per heavy atom. The fraction of sp³-hybridized carbons (Fsp3) is 0.200. The van der Waals surface area contributed by atoms with Crippen molar-refractivity contribution >= 4 is 21.6 Å². The maximum Gasteiger partial charge on any atom is 0.387 e. The summed E-state index contributed by atoms with van der Waals surface area (Å²) in [7, 11) is 0. The van der Waals surface area contributed by atoms with Crippen LogP contribution in [0.2, 0.25) is 0 Å². The zero-order valence-electron chi connectivity index (χ0n) is 11.0. The van der Waals surface area contributed by atoms with Gasteiger partial charge >= 0.3 is 6.61 Å². The van der Waals surface area contributed by atoms with Gasteiger partial charge in [-0.05, 0) is 30.3 Å². The first-order chi connectivity index (χ1) is 10.1. The average Bonchev–Trinajstić information content (AvgIpc) is 2.47. The largest absolute Gasteiger partial charge is 0.434 e. The smallest absolute Gasteiger partial charge is 0.387 e. The molecule has 2 aromatic rings. The Bertz CT molecular complexity index is 578. The first-order valence-electron chi connectivity index (χ1n) is 6.27. The molecule has 0 fully saturated rings. The Balaban J connectivity index is 2.22. The number of aliphatic hydroxyl groups excluding tert-OH is 1. The monoisotopic (exact) mass is 357 g/mol. The van der Waals surface area contributed by atoms with Crippen LogP contribution in [0.4, 0.5) is 14.5 Å². The van der Waals surface area contributed by atoms with Crippen molar-refractivity contribution in [1.29, 1.82) is 0 Å². The van der Waals surface area contributed by atoms with Crippen LogP contribution in [0, 0.1) is 0 Å². The van der Waals surface area contributed by atoms with E-state index in [-0.39, 0.29) is 12.4 Å². The minimum atomic E-state index is -2.90. The van der Waals surface area contributed by atoms with E-state index in [1.165, 1.54) is 6.07 Å². The van der Waals surface area contributed by atoms with Crippen LogP contribution in [0.15, 0.2) is 53.0 Å². The van der Waals surface area contributed by atoms with E-state index < -0.39 is 12.7 Å². The molecule has 0 saturated heterocycles. The summed E-state index contributed by atoms with van der Waals surface area (Å²) in [6.45, 7) is -3.15. The molecule has 0 aliphatic rings. The normalized spacial score (nSPS) is 12.2. The van der Waals surface area contributed by atoms with Gasteiger partial charge in [0.2, 0.25) is 0 Å². The summed E-state index contributed by atoms with van der Waals surface area (Å²) in [5, 5.41) is 12.6. The van der Waals surface area contributed by atoms with Crippen molar-refractivity contribution in [1.82, 2.24) is 0 Å². The number of halogens is 3. The SMILES string of the molecule is OCC(Nc1ccc(Br)cc1)c1ccccc1OC(F)F. The molecule has 3 nitrogen and oxygen atoms in total. The summed E-state index contributed by atoms with van der Waals surface area (Å²) in [4.78, 5) is 0. The van der Waals surface area contributed by atoms with E-state index in [0.717, 1.165) is 10.2 Å². The lowest BCUT2D eigenvalue weighted by Crippen LogP contribution is -2.17. The summed E-state index contributed by atoms with van der Waals surface area (Å²) >= 11 is 3.33. The van der Waals surface area contributed by atoms with Crippen molar-refractivity contribution < 1.29 is 18.6 Å². The Morgan fingerprint density at radius 3 is 2.38 bits per heavy atom. The molecule has 1 unspecified atom stereocenters. The molecule has 0 aliphatic heterocycles. The van der Waals surface area contributed by atoms with Crippen LogP contribution in [0.1, 0.15) is 11.6 Å². The highest BCUT2D eigenvalue weighted by Gasteiger charge is 2.17. The lowest BCUT2D eigenvalue weighted by Gasteiger charge is -2.21. The first-order valence-corrected chi connectivity index (χ1v) is 7.06. The predicted molar refractivity (Wildman–Crippen MR) is 80.7 cm³/mol. The van der Waals surface area contributed by atoms with Crippen LogP contribution in [-0.2, 0) is 0 Å². The lowest BCUT2D eigenvalue weighted by molar-refractivity contribution is -0.0507. The summed E-state index contributed by atoms with van der Waals surface area (Å²) in [5.74, 6) is 0.0520. The zero-order valence-corrected chi connectivity index (χ0v) is 12.6. The molecule has 2 aromatic carbocycles. The van der Waals surface area contributed by atoms with Gasteiger partial charge in [0, 0.05) is 15.7 Å². The third kappa shape index (κ3) is 4.41. The van der Waals surface area contributed by atoms with Gasteiger partial charge in [-0.25, -0.2) is 0 Å². The number of anilines is 1. The molecule has 0 heterocycles. The highest BCUT2D eigenvalue weighted by Crippen LogP contribution is 2.29. The van der Waals surface area contributed by atoms with Gasteiger partial charge in [0.05, 0.1) is 12.6 Å². The molecular formula is C15H14BrF2NO2. The number of hydrogen-bond acceptors (Lipinski definition) is 3. The van der Waals surface area contributed by atoms with Crippen molar-refractivity contribution in [2.75, 3.05) is 11.9 Å². The molecule has 1 atom stereocenters. The highest BCUT2D eigenvalue weighted by molar-refractivity contribution is 9.10. The second kappa shape index (κ2) is 7.38. The molecule has 112 valence electrons. The summed E-state index contributed by atoms with van der Waals surface area (Å²) < 4.78 is 30.3. The van der Waals surface area contributed by atoms with Gasteiger partial charge < -0.3 is 15.2 Å².